The van der Waals surface area contributed by atoms with Crippen molar-refractivity contribution in [2.24, 2.45) is 0 Å². The molecule has 6 rings (SSSR count). The van der Waals surface area contributed by atoms with Crippen molar-refractivity contribution >= 4 is 17.3 Å². The Hall–Kier alpha value is -4.56. The van der Waals surface area contributed by atoms with E-state index >= 15 is 0 Å². The van der Waals surface area contributed by atoms with Gasteiger partial charge in [0.05, 0.1) is 29.5 Å². The number of halogens is 4. The Morgan fingerprint density at radius 1 is 1.02 bits per heavy atom. The van der Waals surface area contributed by atoms with E-state index in [1.54, 1.807) is 11.0 Å². The molecular weight excluding hydrogens is 568 g/mol. The van der Waals surface area contributed by atoms with Crippen LogP contribution >= 0.6 is 0 Å². The van der Waals surface area contributed by atoms with Crippen LogP contribution in [0.1, 0.15) is 22.5 Å². The number of ether oxygens (including phenoxy) is 1. The number of nitrogens with one attached hydrogen (secondary N) is 2. The van der Waals surface area contributed by atoms with Crippen LogP contribution in [0.2, 0.25) is 0 Å². The van der Waals surface area contributed by atoms with Crippen molar-refractivity contribution in [1.82, 2.24) is 30.2 Å². The van der Waals surface area contributed by atoms with E-state index in [0.29, 0.717) is 12.2 Å². The molecule has 4 heterocycles. The molecule has 2 N–H and O–H groups in total. The van der Waals surface area contributed by atoms with Crippen LogP contribution in [-0.4, -0.2) is 76.1 Å². The Morgan fingerprint density at radius 3 is 2.60 bits per heavy atom. The fraction of sp³-hybridized carbons (Fsp3) is 0.310. The van der Waals surface area contributed by atoms with Gasteiger partial charge in [0.2, 0.25) is 0 Å². The zero-order chi connectivity index (χ0) is 30.1. The third-order valence-electron chi connectivity index (χ3n) is 7.80. The monoisotopic (exact) mass is 596 g/mol. The molecule has 2 atom stereocenters. The van der Waals surface area contributed by atoms with E-state index < -0.39 is 29.2 Å². The number of hydrogen-bond acceptors (Lipinski definition) is 8. The highest BCUT2D eigenvalue weighted by Crippen LogP contribution is 2.48. The number of hydrogen-bond donors (Lipinski definition) is 2. The number of anilines is 2. The van der Waals surface area contributed by atoms with Gasteiger partial charge in [-0.25, -0.2) is 9.07 Å². The molecule has 0 bridgehead atoms. The number of benzene rings is 2. The van der Waals surface area contributed by atoms with Gasteiger partial charge in [-0.15, -0.1) is 0 Å². The molecule has 4 aromatic rings. The molecule has 0 spiro atoms. The molecule has 2 aromatic carbocycles. The smallest absolute Gasteiger partial charge is 0.422 e. The van der Waals surface area contributed by atoms with E-state index in [1.165, 1.54) is 53.6 Å². The Labute approximate surface area is 244 Å². The van der Waals surface area contributed by atoms with Crippen LogP contribution in [-0.2, 0) is 6.18 Å². The molecule has 0 radical (unpaired) electrons. The molecule has 2 saturated heterocycles. The summed E-state index contributed by atoms with van der Waals surface area (Å²) in [6.45, 7) is 1.94. The van der Waals surface area contributed by atoms with Crippen LogP contribution in [0.5, 0.6) is 11.5 Å². The minimum Gasteiger partial charge on any atom is -0.454 e. The van der Waals surface area contributed by atoms with E-state index in [1.807, 2.05) is 7.05 Å². The van der Waals surface area contributed by atoms with Crippen molar-refractivity contribution in [2.75, 3.05) is 43.4 Å². The molecule has 10 nitrogen and oxygen atoms in total. The molecule has 0 aliphatic carbocycles. The van der Waals surface area contributed by atoms with Crippen LogP contribution < -0.4 is 20.3 Å². The maximum absolute atomic E-state index is 14.9. The van der Waals surface area contributed by atoms with Crippen LogP contribution in [0.25, 0.3) is 5.69 Å². The molecule has 1 amide bonds. The number of carbonyl (C=O) groups is 1. The van der Waals surface area contributed by atoms with Crippen molar-refractivity contribution in [3.63, 3.8) is 0 Å². The number of alkyl halides is 3. The highest BCUT2D eigenvalue weighted by molar-refractivity contribution is 6.05. The van der Waals surface area contributed by atoms with Crippen molar-refractivity contribution in [3.8, 4) is 17.2 Å². The summed E-state index contributed by atoms with van der Waals surface area (Å²) >= 11 is 0. The summed E-state index contributed by atoms with van der Waals surface area (Å²) in [5.41, 5.74) is -0.870. The van der Waals surface area contributed by atoms with Crippen molar-refractivity contribution in [2.45, 2.75) is 24.7 Å². The van der Waals surface area contributed by atoms with Crippen molar-refractivity contribution in [1.29, 1.82) is 0 Å². The molecule has 0 saturated carbocycles. The number of aromatic nitrogens is 4. The van der Waals surface area contributed by atoms with Crippen molar-refractivity contribution in [3.05, 3.63) is 84.2 Å². The number of fused-ring (bicyclic) bond motifs is 1. The van der Waals surface area contributed by atoms with Crippen LogP contribution in [0.15, 0.2) is 67.1 Å². The molecular formula is C29H28F4N8O2. The Balaban J connectivity index is 1.41. The fourth-order valence-electron chi connectivity index (χ4n) is 5.75. The third-order valence-corrected chi connectivity index (χ3v) is 7.80. The Bertz CT molecular complexity index is 1610. The summed E-state index contributed by atoms with van der Waals surface area (Å²) in [6.07, 6.45) is 0.433. The highest BCUT2D eigenvalue weighted by atomic mass is 19.4. The summed E-state index contributed by atoms with van der Waals surface area (Å²) in [5, 5.41) is 17.7. The van der Waals surface area contributed by atoms with Gasteiger partial charge in [0.1, 0.15) is 11.3 Å². The molecule has 14 heteroatoms. The average molecular weight is 597 g/mol. The predicted octanol–water partition coefficient (Wildman–Crippen LogP) is 4.35. The van der Waals surface area contributed by atoms with Gasteiger partial charge in [0, 0.05) is 44.5 Å². The van der Waals surface area contributed by atoms with Gasteiger partial charge in [-0.1, -0.05) is 12.1 Å². The van der Waals surface area contributed by atoms with E-state index in [9.17, 15) is 22.4 Å². The fourth-order valence-corrected chi connectivity index (χ4v) is 5.75. The van der Waals surface area contributed by atoms with Gasteiger partial charge in [-0.3, -0.25) is 9.69 Å². The molecule has 2 aliphatic rings. The predicted molar refractivity (Wildman–Crippen MR) is 150 cm³/mol. The summed E-state index contributed by atoms with van der Waals surface area (Å²) < 4.78 is 66.2. The number of amides is 1. The van der Waals surface area contributed by atoms with E-state index in [4.69, 9.17) is 4.74 Å². The zero-order valence-corrected chi connectivity index (χ0v) is 23.1. The third kappa shape index (κ3) is 5.75. The number of likely N-dealkylation sites (N-methyl/N-ethyl adjacent to an activating group) is 1. The first kappa shape index (κ1) is 28.6. The molecule has 0 unspecified atom stereocenters. The first-order valence-electron chi connectivity index (χ1n) is 13.7. The van der Waals surface area contributed by atoms with E-state index in [0.717, 1.165) is 25.1 Å². The van der Waals surface area contributed by atoms with Gasteiger partial charge in [-0.05, 0) is 49.9 Å². The summed E-state index contributed by atoms with van der Waals surface area (Å²) in [6, 6.07) is 10.9. The van der Waals surface area contributed by atoms with Gasteiger partial charge in [0.15, 0.2) is 17.3 Å². The highest BCUT2D eigenvalue weighted by Gasteiger charge is 2.44. The first-order valence-corrected chi connectivity index (χ1v) is 13.7. The number of nitrogens with zero attached hydrogens (tertiary/aromatic N) is 6. The maximum atomic E-state index is 14.9. The van der Waals surface area contributed by atoms with Gasteiger partial charge < -0.3 is 20.3 Å². The number of piperazine rings is 1. The SMILES string of the molecule is CN[C@@H]1CCN2CCN(c3c(NC(=O)c4ccn(-c5ccnnc5)n4)ccc(Oc4ccccc4F)c3C(F)(F)F)C[C@@H]12. The number of carbonyl (C=O) groups excluding carboxylic acids is 1. The minimum absolute atomic E-state index is 0.0149. The van der Waals surface area contributed by atoms with E-state index in [2.05, 4.69) is 30.8 Å². The summed E-state index contributed by atoms with van der Waals surface area (Å²) in [5.74, 6) is -2.42. The van der Waals surface area contributed by atoms with Crippen LogP contribution in [0, 0.1) is 5.82 Å². The zero-order valence-electron chi connectivity index (χ0n) is 23.1. The quantitative estimate of drug-likeness (QED) is 0.304. The normalized spacial score (nSPS) is 18.9. The maximum Gasteiger partial charge on any atom is 0.422 e. The van der Waals surface area contributed by atoms with Crippen molar-refractivity contribution < 1.29 is 27.1 Å². The molecule has 2 aliphatic heterocycles. The summed E-state index contributed by atoms with van der Waals surface area (Å²) in [7, 11) is 1.84. The first-order chi connectivity index (χ1) is 20.7. The second-order valence-electron chi connectivity index (χ2n) is 10.3. The Morgan fingerprint density at radius 2 is 1.86 bits per heavy atom. The topological polar surface area (TPSA) is 100 Å². The van der Waals surface area contributed by atoms with Crippen LogP contribution in [0.4, 0.5) is 28.9 Å². The molecule has 2 fully saturated rings. The molecule has 2 aromatic heterocycles. The molecule has 224 valence electrons. The molecule has 43 heavy (non-hydrogen) atoms. The summed E-state index contributed by atoms with van der Waals surface area (Å²) in [4.78, 5) is 17.2. The second kappa shape index (κ2) is 11.6. The second-order valence-corrected chi connectivity index (χ2v) is 10.3. The standard InChI is InChI=1S/C29H28F4N8O2/c1-34-20-9-12-39-14-15-40(17-23(20)39)27-21(37-28(42)22-10-13-41(38-22)18-8-11-35-36-16-18)6-7-25(26(27)29(31,32)33)43-24-5-3-2-4-19(24)30/h2-8,10-11,13,16,20,23,34H,9,12,14-15,17H2,1H3,(H,37,42)/t20-,23+/m1/s1. The van der Waals surface area contributed by atoms with Crippen LogP contribution in [0.3, 0.4) is 0 Å². The number of para-hydroxylation sites is 1. The average Bonchev–Trinajstić information content (AvgIpc) is 3.66. The van der Waals surface area contributed by atoms with E-state index in [-0.39, 0.29) is 48.0 Å². The lowest BCUT2D eigenvalue weighted by Gasteiger charge is -2.42. The lowest BCUT2D eigenvalue weighted by molar-refractivity contribution is -0.138. The largest absolute Gasteiger partial charge is 0.454 e. The Kier molecular flexibility index (Phi) is 7.71. The van der Waals surface area contributed by atoms with Gasteiger partial charge in [0.25, 0.3) is 5.91 Å². The lowest BCUT2D eigenvalue weighted by Crippen LogP contribution is -2.55. The van der Waals surface area contributed by atoms with Gasteiger partial charge >= 0.3 is 6.18 Å². The number of rotatable bonds is 7. The lowest BCUT2D eigenvalue weighted by atomic mass is 10.0. The van der Waals surface area contributed by atoms with Gasteiger partial charge in [-0.2, -0.15) is 28.5 Å². The minimum atomic E-state index is -4.90.